The van der Waals surface area contributed by atoms with Crippen LogP contribution in [0.2, 0.25) is 0 Å². The van der Waals surface area contributed by atoms with E-state index in [4.69, 9.17) is 0 Å². The van der Waals surface area contributed by atoms with Crippen LogP contribution in [0.3, 0.4) is 0 Å². The smallest absolute Gasteiger partial charge is 0.244 e. The van der Waals surface area contributed by atoms with Crippen molar-refractivity contribution < 1.29 is 9.59 Å². The molecule has 6 heteroatoms. The summed E-state index contributed by atoms with van der Waals surface area (Å²) < 4.78 is 1.68. The summed E-state index contributed by atoms with van der Waals surface area (Å²) in [6.45, 7) is 12.8. The highest BCUT2D eigenvalue weighted by Gasteiger charge is 2.68. The van der Waals surface area contributed by atoms with E-state index in [0.717, 1.165) is 32.4 Å². The largest absolute Gasteiger partial charge is 0.342 e. The van der Waals surface area contributed by atoms with Gasteiger partial charge in [-0.05, 0) is 60.1 Å². The van der Waals surface area contributed by atoms with Crippen LogP contribution >= 0.6 is 0 Å². The maximum absolute atomic E-state index is 13.3. The molecule has 0 spiro atoms. The van der Waals surface area contributed by atoms with Crippen LogP contribution in [0.5, 0.6) is 0 Å². The Morgan fingerprint density at radius 1 is 1.09 bits per heavy atom. The molecule has 184 valence electrons. The van der Waals surface area contributed by atoms with E-state index in [1.165, 1.54) is 11.1 Å². The monoisotopic (exact) mass is 464 g/mol. The van der Waals surface area contributed by atoms with Crippen LogP contribution in [0.15, 0.2) is 42.7 Å². The summed E-state index contributed by atoms with van der Waals surface area (Å²) in [5.74, 6) is 0.849. The van der Waals surface area contributed by atoms with Crippen LogP contribution in [0, 0.1) is 29.6 Å². The lowest BCUT2D eigenvalue weighted by atomic mass is 9.84. The van der Waals surface area contributed by atoms with E-state index in [2.05, 4.69) is 68.9 Å². The second kappa shape index (κ2) is 9.20. The molecule has 1 aliphatic carbocycles. The number of likely N-dealkylation sites (N-methyl/N-ethyl adjacent to an activating group) is 1. The van der Waals surface area contributed by atoms with Gasteiger partial charge in [-0.1, -0.05) is 52.0 Å². The lowest BCUT2D eigenvalue weighted by molar-refractivity contribution is -0.138. The highest BCUT2D eigenvalue weighted by atomic mass is 16.2. The fourth-order valence-corrected chi connectivity index (χ4v) is 6.01. The summed E-state index contributed by atoms with van der Waals surface area (Å²) >= 11 is 0. The molecule has 2 heterocycles. The van der Waals surface area contributed by atoms with E-state index in [0.29, 0.717) is 11.8 Å². The van der Waals surface area contributed by atoms with Crippen molar-refractivity contribution in [1.82, 2.24) is 19.6 Å². The van der Waals surface area contributed by atoms with Crippen molar-refractivity contribution in [2.45, 2.75) is 66.5 Å². The highest BCUT2D eigenvalue weighted by Crippen LogP contribution is 2.68. The number of hydrogen-bond acceptors (Lipinski definition) is 3. The van der Waals surface area contributed by atoms with Gasteiger partial charge in [-0.3, -0.25) is 14.3 Å². The summed E-state index contributed by atoms with van der Waals surface area (Å²) in [5.41, 5.74) is 2.67. The Morgan fingerprint density at radius 2 is 1.74 bits per heavy atom. The Labute approximate surface area is 204 Å². The van der Waals surface area contributed by atoms with E-state index in [-0.39, 0.29) is 35.2 Å². The fraction of sp³-hybridized carbons (Fsp3) is 0.607. The molecule has 2 aromatic rings. The molecule has 1 aromatic carbocycles. The van der Waals surface area contributed by atoms with Crippen molar-refractivity contribution in [1.29, 1.82) is 0 Å². The first kappa shape index (κ1) is 24.5. The van der Waals surface area contributed by atoms with E-state index < -0.39 is 0 Å². The van der Waals surface area contributed by atoms with Crippen molar-refractivity contribution in [3.05, 3.63) is 53.9 Å². The highest BCUT2D eigenvalue weighted by molar-refractivity contribution is 5.84. The number of carbonyl (C=O) groups excluding carboxylic acids is 2. The molecule has 1 aliphatic heterocycles. The predicted molar refractivity (Wildman–Crippen MR) is 134 cm³/mol. The number of aryl methyl sites for hydroxylation is 1. The number of amides is 2. The Balaban J connectivity index is 1.46. The summed E-state index contributed by atoms with van der Waals surface area (Å²) in [6.07, 6.45) is 6.21. The average Bonchev–Trinajstić information content (AvgIpc) is 3.13. The van der Waals surface area contributed by atoms with Crippen LogP contribution in [0.25, 0.3) is 0 Å². The Bertz CT molecular complexity index is 1000. The van der Waals surface area contributed by atoms with Crippen LogP contribution in [0.4, 0.5) is 0 Å². The van der Waals surface area contributed by atoms with E-state index in [9.17, 15) is 9.59 Å². The van der Waals surface area contributed by atoms with Gasteiger partial charge >= 0.3 is 0 Å². The first-order valence-corrected chi connectivity index (χ1v) is 12.6. The molecule has 2 aliphatic rings. The normalized spacial score (nSPS) is 20.7. The van der Waals surface area contributed by atoms with Gasteiger partial charge in [0.2, 0.25) is 11.8 Å². The molecule has 34 heavy (non-hydrogen) atoms. The number of aromatic nitrogens is 2. The summed E-state index contributed by atoms with van der Waals surface area (Å²) in [5, 5.41) is 4.21. The molecule has 1 saturated heterocycles. The molecular weight excluding hydrogens is 424 g/mol. The number of benzene rings is 1. The minimum Gasteiger partial charge on any atom is -0.342 e. The summed E-state index contributed by atoms with van der Waals surface area (Å²) in [4.78, 5) is 30.5. The minimum atomic E-state index is 0.0629. The van der Waals surface area contributed by atoms with Crippen molar-refractivity contribution in [2.24, 2.45) is 22.7 Å². The van der Waals surface area contributed by atoms with Crippen molar-refractivity contribution in [2.75, 3.05) is 20.1 Å². The molecular formula is C28H40N4O2. The molecule has 0 N–H and O–H groups in total. The number of likely N-dealkylation sites (tertiary alicyclic amines) is 1. The van der Waals surface area contributed by atoms with Crippen LogP contribution in [0.1, 0.15) is 51.7 Å². The molecule has 2 fully saturated rings. The lowest BCUT2D eigenvalue weighted by Crippen LogP contribution is -2.49. The third-order valence-corrected chi connectivity index (χ3v) is 9.10. The zero-order valence-corrected chi connectivity index (χ0v) is 21.6. The average molecular weight is 465 g/mol. The predicted octanol–water partition coefficient (Wildman–Crippen LogP) is 4.18. The van der Waals surface area contributed by atoms with Gasteiger partial charge in [0.15, 0.2) is 0 Å². The maximum Gasteiger partial charge on any atom is 0.244 e. The third-order valence-electron chi connectivity index (χ3n) is 9.10. The molecule has 0 radical (unpaired) electrons. The number of rotatable bonds is 7. The first-order chi connectivity index (χ1) is 16.0. The Kier molecular flexibility index (Phi) is 6.63. The number of carbonyl (C=O) groups is 2. The fourth-order valence-electron chi connectivity index (χ4n) is 6.01. The molecule has 1 aromatic heterocycles. The van der Waals surface area contributed by atoms with Crippen molar-refractivity contribution in [3.8, 4) is 0 Å². The number of piperidine rings is 1. The molecule has 6 nitrogen and oxygen atoms in total. The van der Waals surface area contributed by atoms with Crippen LogP contribution in [-0.2, 0) is 22.6 Å². The molecule has 1 saturated carbocycles. The van der Waals surface area contributed by atoms with Gasteiger partial charge in [-0.25, -0.2) is 0 Å². The SMILES string of the molecule is Cc1ccccc1C[C@@H](C1CCN(C(=O)C2C(C)(C)C2(C)C)CC1)N(C)C(=O)Cn1cccn1. The van der Waals surface area contributed by atoms with Crippen molar-refractivity contribution >= 4 is 11.8 Å². The van der Waals surface area contributed by atoms with Gasteiger partial charge in [0.25, 0.3) is 0 Å². The van der Waals surface area contributed by atoms with Gasteiger partial charge in [0.05, 0.1) is 0 Å². The number of hydrogen-bond donors (Lipinski definition) is 0. The topological polar surface area (TPSA) is 58.4 Å². The van der Waals surface area contributed by atoms with E-state index in [1.54, 1.807) is 10.9 Å². The van der Waals surface area contributed by atoms with Crippen LogP contribution in [-0.4, -0.2) is 57.6 Å². The lowest BCUT2D eigenvalue weighted by Gasteiger charge is -2.40. The summed E-state index contributed by atoms with van der Waals surface area (Å²) in [6, 6.07) is 10.4. The minimum absolute atomic E-state index is 0.0629. The standard InChI is InChI=1S/C28H40N4O2/c1-20-10-7-8-11-22(20)18-23(30(6)24(33)19-32-15-9-14-29-32)21-12-16-31(17-13-21)26(34)25-27(2,3)28(25,4)5/h7-11,14-15,21,23,25H,12-13,16-19H2,1-6H3/t23-/m0/s1. The Morgan fingerprint density at radius 3 is 2.29 bits per heavy atom. The zero-order valence-electron chi connectivity index (χ0n) is 21.6. The molecule has 0 bridgehead atoms. The quantitative estimate of drug-likeness (QED) is 0.618. The van der Waals surface area contributed by atoms with Gasteiger partial charge in [0.1, 0.15) is 6.54 Å². The van der Waals surface area contributed by atoms with Gasteiger partial charge in [-0.2, -0.15) is 5.10 Å². The van der Waals surface area contributed by atoms with E-state index >= 15 is 0 Å². The molecule has 1 atom stereocenters. The maximum atomic E-state index is 13.3. The molecule has 2 amide bonds. The Hall–Kier alpha value is -2.63. The zero-order chi connectivity index (χ0) is 24.7. The second-order valence-corrected chi connectivity index (χ2v) is 11.4. The third kappa shape index (κ3) is 4.51. The van der Waals surface area contributed by atoms with Gasteiger partial charge < -0.3 is 9.80 Å². The second-order valence-electron chi connectivity index (χ2n) is 11.4. The first-order valence-electron chi connectivity index (χ1n) is 12.6. The van der Waals surface area contributed by atoms with E-state index in [1.807, 2.05) is 24.2 Å². The molecule has 0 unspecified atom stereocenters. The molecule has 4 rings (SSSR count). The number of nitrogens with zero attached hydrogens (tertiary/aromatic N) is 4. The van der Waals surface area contributed by atoms with Gasteiger partial charge in [0, 0.05) is 44.5 Å². The van der Waals surface area contributed by atoms with Crippen molar-refractivity contribution in [3.63, 3.8) is 0 Å². The summed E-state index contributed by atoms with van der Waals surface area (Å²) in [7, 11) is 1.93. The van der Waals surface area contributed by atoms with Gasteiger partial charge in [-0.15, -0.1) is 0 Å². The van der Waals surface area contributed by atoms with Crippen LogP contribution < -0.4 is 0 Å².